The van der Waals surface area contributed by atoms with Gasteiger partial charge in [-0.3, -0.25) is 4.79 Å². The molecular weight excluding hydrogens is 270 g/mol. The first-order chi connectivity index (χ1) is 10.1. The van der Waals surface area contributed by atoms with Crippen LogP contribution in [0.3, 0.4) is 0 Å². The van der Waals surface area contributed by atoms with Crippen molar-refractivity contribution in [2.24, 2.45) is 0 Å². The van der Waals surface area contributed by atoms with E-state index in [1.54, 1.807) is 12.1 Å². The Hall–Kier alpha value is -1.75. The highest BCUT2D eigenvalue weighted by Crippen LogP contribution is 2.23. The highest BCUT2D eigenvalue weighted by molar-refractivity contribution is 5.97. The van der Waals surface area contributed by atoms with Crippen LogP contribution in [-0.4, -0.2) is 36.9 Å². The average Bonchev–Trinajstić information content (AvgIpc) is 2.98. The Balaban J connectivity index is 1.85. The van der Waals surface area contributed by atoms with E-state index in [1.807, 2.05) is 6.92 Å². The van der Waals surface area contributed by atoms with Gasteiger partial charge in [0.05, 0.1) is 18.8 Å². The van der Waals surface area contributed by atoms with Crippen LogP contribution in [0.2, 0.25) is 0 Å². The number of phenolic OH excluding ortho intramolecular Hbond substituents is 1. The Labute approximate surface area is 125 Å². The van der Waals surface area contributed by atoms with Crippen molar-refractivity contribution in [2.75, 3.05) is 13.7 Å². The average molecular weight is 293 g/mol. The normalized spacial score (nSPS) is 19.2. The van der Waals surface area contributed by atoms with E-state index in [2.05, 4.69) is 5.32 Å². The minimum Gasteiger partial charge on any atom is -0.507 e. The van der Waals surface area contributed by atoms with Gasteiger partial charge in [-0.1, -0.05) is 0 Å². The van der Waals surface area contributed by atoms with Gasteiger partial charge in [-0.25, -0.2) is 0 Å². The van der Waals surface area contributed by atoms with Gasteiger partial charge in [0.1, 0.15) is 11.5 Å². The zero-order valence-corrected chi connectivity index (χ0v) is 12.6. The highest BCUT2D eigenvalue weighted by Gasteiger charge is 2.18. The summed E-state index contributed by atoms with van der Waals surface area (Å²) in [5.74, 6) is 0.184. The molecule has 1 saturated heterocycles. The molecule has 0 aromatic heterocycles. The van der Waals surface area contributed by atoms with Gasteiger partial charge in [0.25, 0.3) is 5.91 Å². The topological polar surface area (TPSA) is 67.8 Å². The van der Waals surface area contributed by atoms with E-state index in [0.29, 0.717) is 11.9 Å². The summed E-state index contributed by atoms with van der Waals surface area (Å²) in [5.41, 5.74) is 0.264. The molecule has 1 fully saturated rings. The summed E-state index contributed by atoms with van der Waals surface area (Å²) < 4.78 is 10.6. The van der Waals surface area contributed by atoms with Crippen molar-refractivity contribution in [1.29, 1.82) is 0 Å². The van der Waals surface area contributed by atoms with Crippen molar-refractivity contribution in [3.8, 4) is 11.5 Å². The monoisotopic (exact) mass is 293 g/mol. The Kier molecular flexibility index (Phi) is 5.44. The molecule has 5 nitrogen and oxygen atoms in total. The lowest BCUT2D eigenvalue weighted by Gasteiger charge is -2.16. The third kappa shape index (κ3) is 4.36. The lowest BCUT2D eigenvalue weighted by atomic mass is 10.1. The number of benzene rings is 1. The van der Waals surface area contributed by atoms with E-state index in [1.165, 1.54) is 13.2 Å². The number of ether oxygens (including phenoxy) is 2. The van der Waals surface area contributed by atoms with Crippen LogP contribution in [0.5, 0.6) is 11.5 Å². The lowest BCUT2D eigenvalue weighted by Crippen LogP contribution is -2.33. The largest absolute Gasteiger partial charge is 0.507 e. The summed E-state index contributed by atoms with van der Waals surface area (Å²) >= 11 is 0. The molecular formula is C16H23NO4. The Morgan fingerprint density at radius 2 is 2.38 bits per heavy atom. The Bertz CT molecular complexity index is 483. The molecule has 2 N–H and O–H groups in total. The van der Waals surface area contributed by atoms with Crippen molar-refractivity contribution in [2.45, 2.75) is 44.8 Å². The van der Waals surface area contributed by atoms with Crippen LogP contribution in [0.15, 0.2) is 18.2 Å². The second-order valence-electron chi connectivity index (χ2n) is 5.47. The zero-order valence-electron chi connectivity index (χ0n) is 12.6. The minimum atomic E-state index is -0.269. The second kappa shape index (κ2) is 7.31. The maximum atomic E-state index is 12.1. The summed E-state index contributed by atoms with van der Waals surface area (Å²) in [6, 6.07) is 4.71. The Morgan fingerprint density at radius 1 is 1.57 bits per heavy atom. The van der Waals surface area contributed by atoms with E-state index in [-0.39, 0.29) is 23.3 Å². The SMILES string of the molecule is COc1ccc(C(=O)N[C@@H](C)CC[C@@H]2CCCO2)c(O)c1. The third-order valence-corrected chi connectivity index (χ3v) is 3.77. The zero-order chi connectivity index (χ0) is 15.2. The summed E-state index contributed by atoms with van der Waals surface area (Å²) in [7, 11) is 1.52. The summed E-state index contributed by atoms with van der Waals surface area (Å²) in [6.07, 6.45) is 4.40. The quantitative estimate of drug-likeness (QED) is 0.845. The Morgan fingerprint density at radius 3 is 3.00 bits per heavy atom. The molecule has 0 aliphatic carbocycles. The summed E-state index contributed by atoms with van der Waals surface area (Å²) in [4.78, 5) is 12.1. The van der Waals surface area contributed by atoms with E-state index >= 15 is 0 Å². The molecule has 1 heterocycles. The van der Waals surface area contributed by atoms with Crippen LogP contribution >= 0.6 is 0 Å². The molecule has 1 aliphatic rings. The molecule has 0 saturated carbocycles. The first kappa shape index (κ1) is 15.6. The van der Waals surface area contributed by atoms with Gasteiger partial charge in [-0.05, 0) is 44.7 Å². The van der Waals surface area contributed by atoms with Gasteiger partial charge in [-0.2, -0.15) is 0 Å². The maximum Gasteiger partial charge on any atom is 0.255 e. The van der Waals surface area contributed by atoms with Gasteiger partial charge in [0.15, 0.2) is 0 Å². The summed E-state index contributed by atoms with van der Waals surface area (Å²) in [6.45, 7) is 2.82. The van der Waals surface area contributed by atoms with E-state index < -0.39 is 0 Å². The fraction of sp³-hybridized carbons (Fsp3) is 0.562. The fourth-order valence-electron chi connectivity index (χ4n) is 2.51. The third-order valence-electron chi connectivity index (χ3n) is 3.77. The van der Waals surface area contributed by atoms with Crippen LogP contribution in [0.1, 0.15) is 43.0 Å². The van der Waals surface area contributed by atoms with Gasteiger partial charge < -0.3 is 19.9 Å². The first-order valence-corrected chi connectivity index (χ1v) is 7.39. The lowest BCUT2D eigenvalue weighted by molar-refractivity contribution is 0.0897. The molecule has 0 bridgehead atoms. The fourth-order valence-corrected chi connectivity index (χ4v) is 2.51. The molecule has 0 unspecified atom stereocenters. The van der Waals surface area contributed by atoms with Gasteiger partial charge in [0.2, 0.25) is 0 Å². The van der Waals surface area contributed by atoms with E-state index in [9.17, 15) is 9.90 Å². The van der Waals surface area contributed by atoms with E-state index in [0.717, 1.165) is 32.3 Å². The molecule has 2 atom stereocenters. The first-order valence-electron chi connectivity index (χ1n) is 7.39. The van der Waals surface area contributed by atoms with Gasteiger partial charge >= 0.3 is 0 Å². The number of phenols is 1. The smallest absolute Gasteiger partial charge is 0.255 e. The number of carbonyl (C=O) groups excluding carboxylic acids is 1. The van der Waals surface area contributed by atoms with Crippen LogP contribution in [-0.2, 0) is 4.74 Å². The molecule has 2 rings (SSSR count). The number of nitrogens with one attached hydrogen (secondary N) is 1. The molecule has 116 valence electrons. The van der Waals surface area contributed by atoms with Crippen LogP contribution in [0, 0.1) is 0 Å². The number of methoxy groups -OCH3 is 1. The summed E-state index contributed by atoms with van der Waals surface area (Å²) in [5, 5.41) is 12.8. The molecule has 1 aromatic carbocycles. The van der Waals surface area contributed by atoms with Crippen LogP contribution in [0.4, 0.5) is 0 Å². The van der Waals surface area contributed by atoms with Crippen molar-refractivity contribution in [3.63, 3.8) is 0 Å². The molecule has 0 spiro atoms. The van der Waals surface area contributed by atoms with Crippen molar-refractivity contribution < 1.29 is 19.4 Å². The van der Waals surface area contributed by atoms with Crippen molar-refractivity contribution in [3.05, 3.63) is 23.8 Å². The van der Waals surface area contributed by atoms with Crippen LogP contribution in [0.25, 0.3) is 0 Å². The molecule has 0 radical (unpaired) electrons. The van der Waals surface area contributed by atoms with E-state index in [4.69, 9.17) is 9.47 Å². The number of hydrogen-bond acceptors (Lipinski definition) is 4. The number of amides is 1. The number of carbonyl (C=O) groups is 1. The number of aromatic hydroxyl groups is 1. The molecule has 1 aliphatic heterocycles. The molecule has 1 aromatic rings. The predicted octanol–water partition coefficient (Wildman–Crippen LogP) is 2.48. The van der Waals surface area contributed by atoms with Crippen LogP contribution < -0.4 is 10.1 Å². The predicted molar refractivity (Wildman–Crippen MR) is 79.8 cm³/mol. The molecule has 5 heteroatoms. The molecule has 21 heavy (non-hydrogen) atoms. The van der Waals surface area contributed by atoms with Crippen molar-refractivity contribution >= 4 is 5.91 Å². The minimum absolute atomic E-state index is 0.0446. The maximum absolute atomic E-state index is 12.1. The number of hydrogen-bond donors (Lipinski definition) is 2. The molecule has 1 amide bonds. The van der Waals surface area contributed by atoms with Crippen molar-refractivity contribution in [1.82, 2.24) is 5.32 Å². The number of rotatable bonds is 6. The second-order valence-corrected chi connectivity index (χ2v) is 5.47. The highest BCUT2D eigenvalue weighted by atomic mass is 16.5. The van der Waals surface area contributed by atoms with Gasteiger partial charge in [0, 0.05) is 18.7 Å². The standard InChI is InChI=1S/C16H23NO4/c1-11(5-6-12-4-3-9-21-12)17-16(19)14-8-7-13(20-2)10-15(14)18/h7-8,10-12,18H,3-6,9H2,1-2H3,(H,17,19)/t11-,12-/m0/s1. The van der Waals surface area contributed by atoms with Gasteiger partial charge in [-0.15, -0.1) is 0 Å².